The van der Waals surface area contributed by atoms with Crippen LogP contribution in [0, 0.1) is 0 Å². The summed E-state index contributed by atoms with van der Waals surface area (Å²) < 4.78 is 10.2. The van der Waals surface area contributed by atoms with Gasteiger partial charge in [0.05, 0.1) is 31.6 Å². The maximum atomic E-state index is 11.9. The van der Waals surface area contributed by atoms with Crippen molar-refractivity contribution < 1.29 is 24.5 Å². The molecule has 0 heterocycles. The summed E-state index contributed by atoms with van der Waals surface area (Å²) in [6, 6.07) is 9.07. The van der Waals surface area contributed by atoms with E-state index in [4.69, 9.17) is 9.47 Å². The fraction of sp³-hybridized carbons (Fsp3) is 0.125. The van der Waals surface area contributed by atoms with Gasteiger partial charge in [-0.15, -0.1) is 0 Å². The Morgan fingerprint density at radius 2 is 1.87 bits per heavy atom. The summed E-state index contributed by atoms with van der Waals surface area (Å²) in [6.45, 7) is 0. The third kappa shape index (κ3) is 3.70. The molecule has 0 saturated carbocycles. The highest BCUT2D eigenvalue weighted by Gasteiger charge is 2.11. The fourth-order valence-corrected chi connectivity index (χ4v) is 1.89. The average molecular weight is 316 g/mol. The quantitative estimate of drug-likeness (QED) is 0.577. The van der Waals surface area contributed by atoms with Gasteiger partial charge in [0.25, 0.3) is 5.91 Å². The summed E-state index contributed by atoms with van der Waals surface area (Å²) >= 11 is 0. The Morgan fingerprint density at radius 3 is 2.52 bits per heavy atom. The van der Waals surface area contributed by atoms with E-state index in [1.807, 2.05) is 0 Å². The number of nitrogens with one attached hydrogen (secondary N) is 1. The molecule has 0 fully saturated rings. The van der Waals surface area contributed by atoms with Crippen molar-refractivity contribution in [1.29, 1.82) is 0 Å². The second-order valence-electron chi connectivity index (χ2n) is 4.48. The Kier molecular flexibility index (Phi) is 5.03. The van der Waals surface area contributed by atoms with Gasteiger partial charge in [-0.25, -0.2) is 5.43 Å². The molecule has 0 spiro atoms. The van der Waals surface area contributed by atoms with E-state index in [-0.39, 0.29) is 22.6 Å². The molecule has 0 atom stereocenters. The number of phenols is 2. The molecule has 2 aromatic carbocycles. The van der Waals surface area contributed by atoms with Crippen molar-refractivity contribution in [2.45, 2.75) is 0 Å². The van der Waals surface area contributed by atoms with Crippen molar-refractivity contribution in [1.82, 2.24) is 5.43 Å². The summed E-state index contributed by atoms with van der Waals surface area (Å²) in [5.74, 6) is -0.0738. The number of hydrogen-bond donors (Lipinski definition) is 3. The Hall–Kier alpha value is -3.22. The second kappa shape index (κ2) is 7.17. The van der Waals surface area contributed by atoms with Crippen LogP contribution in [-0.4, -0.2) is 36.6 Å². The highest BCUT2D eigenvalue weighted by atomic mass is 16.5. The lowest BCUT2D eigenvalue weighted by Crippen LogP contribution is -2.17. The van der Waals surface area contributed by atoms with Crippen molar-refractivity contribution in [3.63, 3.8) is 0 Å². The van der Waals surface area contributed by atoms with E-state index in [0.717, 1.165) is 0 Å². The Labute approximate surface area is 132 Å². The number of aromatic hydroxyl groups is 2. The SMILES string of the molecule is COc1cc(O)c(/C=N/NC(=O)c2ccccc2O)c(OC)c1. The molecule has 0 aliphatic heterocycles. The van der Waals surface area contributed by atoms with E-state index in [9.17, 15) is 15.0 Å². The summed E-state index contributed by atoms with van der Waals surface area (Å²) in [5, 5.41) is 23.3. The van der Waals surface area contributed by atoms with Crippen LogP contribution < -0.4 is 14.9 Å². The minimum atomic E-state index is -0.577. The minimum absolute atomic E-state index is 0.0931. The molecule has 0 aromatic heterocycles. The number of nitrogens with zero attached hydrogens (tertiary/aromatic N) is 1. The summed E-state index contributed by atoms with van der Waals surface area (Å²) in [6.07, 6.45) is 1.24. The third-order valence-electron chi connectivity index (χ3n) is 3.06. The number of benzene rings is 2. The number of hydrazone groups is 1. The highest BCUT2D eigenvalue weighted by molar-refractivity contribution is 5.97. The van der Waals surface area contributed by atoms with Gasteiger partial charge in [-0.3, -0.25) is 4.79 Å². The first kappa shape index (κ1) is 16.2. The minimum Gasteiger partial charge on any atom is -0.507 e. The molecule has 0 radical (unpaired) electrons. The fourth-order valence-electron chi connectivity index (χ4n) is 1.89. The number of amides is 1. The van der Waals surface area contributed by atoms with Gasteiger partial charge in [-0.2, -0.15) is 5.10 Å². The lowest BCUT2D eigenvalue weighted by molar-refractivity contribution is 0.0952. The normalized spacial score (nSPS) is 10.5. The van der Waals surface area contributed by atoms with Crippen LogP contribution in [0.1, 0.15) is 15.9 Å². The number of hydrogen-bond acceptors (Lipinski definition) is 6. The largest absolute Gasteiger partial charge is 0.507 e. The van der Waals surface area contributed by atoms with Crippen LogP contribution in [0.3, 0.4) is 0 Å². The van der Waals surface area contributed by atoms with E-state index in [2.05, 4.69) is 10.5 Å². The summed E-state index contributed by atoms with van der Waals surface area (Å²) in [4.78, 5) is 11.9. The number of para-hydroxylation sites is 1. The van der Waals surface area contributed by atoms with Crippen molar-refractivity contribution in [2.24, 2.45) is 5.10 Å². The molecular formula is C16H16N2O5. The second-order valence-corrected chi connectivity index (χ2v) is 4.48. The van der Waals surface area contributed by atoms with Crippen LogP contribution >= 0.6 is 0 Å². The standard InChI is InChI=1S/C16H16N2O5/c1-22-10-7-14(20)12(15(8-10)23-2)9-17-18-16(21)11-5-3-4-6-13(11)19/h3-9,19-20H,1-2H3,(H,18,21)/b17-9+. The topological polar surface area (TPSA) is 100 Å². The summed E-state index contributed by atoms with van der Waals surface area (Å²) in [7, 11) is 2.90. The van der Waals surface area contributed by atoms with Gasteiger partial charge in [0.2, 0.25) is 0 Å². The molecular weight excluding hydrogens is 300 g/mol. The van der Waals surface area contributed by atoms with Crippen LogP contribution in [-0.2, 0) is 0 Å². The number of phenolic OH excluding ortho intramolecular Hbond substituents is 2. The Morgan fingerprint density at radius 1 is 1.13 bits per heavy atom. The van der Waals surface area contributed by atoms with Crippen LogP contribution in [0.4, 0.5) is 0 Å². The lowest BCUT2D eigenvalue weighted by Gasteiger charge is -2.09. The first-order valence-corrected chi connectivity index (χ1v) is 6.63. The van der Waals surface area contributed by atoms with E-state index in [1.54, 1.807) is 18.2 Å². The molecule has 0 unspecified atom stereocenters. The molecule has 2 rings (SSSR count). The maximum Gasteiger partial charge on any atom is 0.275 e. The van der Waals surface area contributed by atoms with E-state index in [1.165, 1.54) is 38.6 Å². The van der Waals surface area contributed by atoms with Gasteiger partial charge in [-0.05, 0) is 12.1 Å². The van der Waals surface area contributed by atoms with Crippen molar-refractivity contribution in [3.05, 3.63) is 47.5 Å². The van der Waals surface area contributed by atoms with Crippen LogP contribution in [0.5, 0.6) is 23.0 Å². The predicted molar refractivity (Wildman–Crippen MR) is 84.4 cm³/mol. The zero-order chi connectivity index (χ0) is 16.8. The molecule has 23 heavy (non-hydrogen) atoms. The molecule has 3 N–H and O–H groups in total. The lowest BCUT2D eigenvalue weighted by atomic mass is 10.2. The monoisotopic (exact) mass is 316 g/mol. The van der Waals surface area contributed by atoms with Crippen molar-refractivity contribution in [2.75, 3.05) is 14.2 Å². The number of rotatable bonds is 5. The van der Waals surface area contributed by atoms with Crippen LogP contribution in [0.15, 0.2) is 41.5 Å². The first-order valence-electron chi connectivity index (χ1n) is 6.63. The molecule has 0 aliphatic carbocycles. The molecule has 2 aromatic rings. The number of carbonyl (C=O) groups is 1. The van der Waals surface area contributed by atoms with E-state index >= 15 is 0 Å². The molecule has 0 saturated heterocycles. The average Bonchev–Trinajstić information content (AvgIpc) is 2.56. The van der Waals surface area contributed by atoms with Gasteiger partial charge < -0.3 is 19.7 Å². The zero-order valence-electron chi connectivity index (χ0n) is 12.6. The highest BCUT2D eigenvalue weighted by Crippen LogP contribution is 2.31. The van der Waals surface area contributed by atoms with Crippen molar-refractivity contribution in [3.8, 4) is 23.0 Å². The zero-order valence-corrected chi connectivity index (χ0v) is 12.6. The number of methoxy groups -OCH3 is 2. The number of carbonyl (C=O) groups excluding carboxylic acids is 1. The van der Waals surface area contributed by atoms with Gasteiger partial charge in [0.15, 0.2) is 0 Å². The van der Waals surface area contributed by atoms with Crippen LogP contribution in [0.25, 0.3) is 0 Å². The predicted octanol–water partition coefficient (Wildman–Crippen LogP) is 1.88. The molecule has 120 valence electrons. The van der Waals surface area contributed by atoms with Gasteiger partial charge in [-0.1, -0.05) is 12.1 Å². The summed E-state index contributed by atoms with van der Waals surface area (Å²) in [5.41, 5.74) is 2.64. The molecule has 7 nitrogen and oxygen atoms in total. The van der Waals surface area contributed by atoms with Crippen LogP contribution in [0.2, 0.25) is 0 Å². The molecule has 7 heteroatoms. The van der Waals surface area contributed by atoms with Gasteiger partial charge in [0.1, 0.15) is 23.0 Å². The molecule has 1 amide bonds. The smallest absolute Gasteiger partial charge is 0.275 e. The number of ether oxygens (including phenoxy) is 2. The van der Waals surface area contributed by atoms with Crippen molar-refractivity contribution >= 4 is 12.1 Å². The Balaban J connectivity index is 2.18. The maximum absolute atomic E-state index is 11.9. The Bertz CT molecular complexity index is 743. The van der Waals surface area contributed by atoms with E-state index in [0.29, 0.717) is 11.5 Å². The van der Waals surface area contributed by atoms with Gasteiger partial charge >= 0.3 is 0 Å². The van der Waals surface area contributed by atoms with E-state index < -0.39 is 5.91 Å². The molecule has 0 bridgehead atoms. The molecule has 0 aliphatic rings. The van der Waals surface area contributed by atoms with Gasteiger partial charge in [0, 0.05) is 12.1 Å². The first-order chi connectivity index (χ1) is 11.1. The third-order valence-corrected chi connectivity index (χ3v) is 3.06.